The third kappa shape index (κ3) is 2.26. The van der Waals surface area contributed by atoms with Gasteiger partial charge in [0.05, 0.1) is 0 Å². The van der Waals surface area contributed by atoms with Crippen LogP contribution in [0.4, 0.5) is 0 Å². The van der Waals surface area contributed by atoms with Crippen LogP contribution in [-0.2, 0) is 0 Å². The van der Waals surface area contributed by atoms with Crippen LogP contribution < -0.4 is 0 Å². The zero-order valence-corrected chi connectivity index (χ0v) is 7.85. The van der Waals surface area contributed by atoms with E-state index < -0.39 is 0 Å². The molecule has 1 fully saturated rings. The first-order valence-electron chi connectivity index (χ1n) is 4.66. The first-order valence-corrected chi connectivity index (χ1v) is 4.66. The van der Waals surface area contributed by atoms with E-state index in [-0.39, 0.29) is 0 Å². The van der Waals surface area contributed by atoms with E-state index in [4.69, 9.17) is 0 Å². The van der Waals surface area contributed by atoms with Gasteiger partial charge in [-0.3, -0.25) is 0 Å². The van der Waals surface area contributed by atoms with Gasteiger partial charge < -0.3 is 0 Å². The minimum atomic E-state index is 0.684. The molecule has 62 valence electrons. The molecule has 0 radical (unpaired) electrons. The van der Waals surface area contributed by atoms with Gasteiger partial charge >= 0.3 is 0 Å². The number of hydrogen-bond acceptors (Lipinski definition) is 0. The van der Waals surface area contributed by atoms with Crippen LogP contribution in [0.1, 0.15) is 40.0 Å². The molecule has 0 bridgehead atoms. The zero-order chi connectivity index (χ0) is 8.27. The van der Waals surface area contributed by atoms with Crippen LogP contribution in [0.25, 0.3) is 0 Å². The molecule has 0 amide bonds. The van der Waals surface area contributed by atoms with Crippen molar-refractivity contribution in [3.63, 3.8) is 0 Å². The van der Waals surface area contributed by atoms with Crippen molar-refractivity contribution in [1.82, 2.24) is 0 Å². The van der Waals surface area contributed by atoms with Crippen LogP contribution >= 0.6 is 0 Å². The Balaban J connectivity index is 2.51. The van der Waals surface area contributed by atoms with E-state index in [1.54, 1.807) is 0 Å². The molecule has 1 saturated carbocycles. The maximum Gasteiger partial charge on any atom is 0.0230 e. The molecule has 0 heterocycles. The molecule has 0 spiro atoms. The summed E-state index contributed by atoms with van der Waals surface area (Å²) in [6.45, 7) is 6.63. The van der Waals surface area contributed by atoms with E-state index in [9.17, 15) is 0 Å². The predicted molar refractivity (Wildman–Crippen MR) is 49.1 cm³/mol. The van der Waals surface area contributed by atoms with Crippen molar-refractivity contribution >= 4 is 0 Å². The fraction of sp³-hybridized carbons (Fsp3) is 0.818. The summed E-state index contributed by atoms with van der Waals surface area (Å²) in [5, 5.41) is 0. The van der Waals surface area contributed by atoms with Gasteiger partial charge in [0, 0.05) is 5.92 Å². The van der Waals surface area contributed by atoms with Crippen molar-refractivity contribution < 1.29 is 0 Å². The molecule has 0 aromatic carbocycles. The summed E-state index contributed by atoms with van der Waals surface area (Å²) >= 11 is 0. The van der Waals surface area contributed by atoms with E-state index in [0.29, 0.717) is 5.92 Å². The van der Waals surface area contributed by atoms with Crippen molar-refractivity contribution in [1.29, 1.82) is 0 Å². The Morgan fingerprint density at radius 3 is 2.55 bits per heavy atom. The fourth-order valence-electron chi connectivity index (χ4n) is 1.92. The van der Waals surface area contributed by atoms with Gasteiger partial charge in [0.25, 0.3) is 0 Å². The molecule has 1 aliphatic carbocycles. The maximum atomic E-state index is 3.31. The molecule has 0 heteroatoms. The summed E-state index contributed by atoms with van der Waals surface area (Å²) in [6, 6.07) is 0. The Bertz CT molecular complexity index is 170. The summed E-state index contributed by atoms with van der Waals surface area (Å²) in [6.07, 6.45) is 4.10. The average molecular weight is 150 g/mol. The van der Waals surface area contributed by atoms with Gasteiger partial charge in [-0.25, -0.2) is 0 Å². The lowest BCUT2D eigenvalue weighted by Crippen LogP contribution is -2.20. The van der Waals surface area contributed by atoms with E-state index in [1.165, 1.54) is 19.3 Å². The average Bonchev–Trinajstić information content (AvgIpc) is 1.98. The first-order chi connectivity index (χ1) is 5.24. The van der Waals surface area contributed by atoms with Gasteiger partial charge in [-0.15, -0.1) is 5.92 Å². The Labute approximate surface area is 70.4 Å². The van der Waals surface area contributed by atoms with Gasteiger partial charge in [0.15, 0.2) is 0 Å². The van der Waals surface area contributed by atoms with Crippen molar-refractivity contribution in [2.75, 3.05) is 0 Å². The third-order valence-electron chi connectivity index (χ3n) is 2.79. The highest BCUT2D eigenvalue weighted by molar-refractivity contribution is 5.04. The van der Waals surface area contributed by atoms with E-state index in [0.717, 1.165) is 11.8 Å². The Kier molecular flexibility index (Phi) is 3.00. The second-order valence-corrected chi connectivity index (χ2v) is 3.90. The standard InChI is InChI=1S/C11H18/c1-4-5-11-8-9(2)6-7-10(11)3/h9-11H,6-8H2,1-3H3/t9-,10-,11?/m1/s1. The van der Waals surface area contributed by atoms with Gasteiger partial charge in [-0.1, -0.05) is 26.2 Å². The fourth-order valence-corrected chi connectivity index (χ4v) is 1.92. The van der Waals surface area contributed by atoms with Crippen molar-refractivity contribution in [2.24, 2.45) is 17.8 Å². The summed E-state index contributed by atoms with van der Waals surface area (Å²) in [7, 11) is 0. The number of rotatable bonds is 0. The van der Waals surface area contributed by atoms with E-state index in [2.05, 4.69) is 25.7 Å². The summed E-state index contributed by atoms with van der Waals surface area (Å²) < 4.78 is 0. The topological polar surface area (TPSA) is 0 Å². The summed E-state index contributed by atoms with van der Waals surface area (Å²) in [5.74, 6) is 8.77. The quantitative estimate of drug-likeness (QED) is 0.465. The Morgan fingerprint density at radius 2 is 1.91 bits per heavy atom. The van der Waals surface area contributed by atoms with Gasteiger partial charge in [-0.2, -0.15) is 0 Å². The Morgan fingerprint density at radius 1 is 1.18 bits per heavy atom. The highest BCUT2D eigenvalue weighted by Gasteiger charge is 2.23. The third-order valence-corrected chi connectivity index (χ3v) is 2.79. The van der Waals surface area contributed by atoms with Crippen molar-refractivity contribution in [3.8, 4) is 11.8 Å². The minimum absolute atomic E-state index is 0.684. The molecule has 1 unspecified atom stereocenters. The van der Waals surface area contributed by atoms with Crippen LogP contribution in [0.15, 0.2) is 0 Å². The smallest absolute Gasteiger partial charge is 0.0230 e. The van der Waals surface area contributed by atoms with Crippen LogP contribution in [0.5, 0.6) is 0 Å². The van der Waals surface area contributed by atoms with E-state index in [1.807, 2.05) is 6.92 Å². The molecule has 1 rings (SSSR count). The molecule has 0 nitrogen and oxygen atoms in total. The largest absolute Gasteiger partial charge is 0.106 e. The second kappa shape index (κ2) is 3.81. The molecule has 11 heavy (non-hydrogen) atoms. The van der Waals surface area contributed by atoms with Crippen molar-refractivity contribution in [3.05, 3.63) is 0 Å². The molecule has 0 aliphatic heterocycles. The van der Waals surface area contributed by atoms with Crippen LogP contribution in [0.2, 0.25) is 0 Å². The molecular formula is C11H18. The molecule has 0 aromatic heterocycles. The lowest BCUT2D eigenvalue weighted by molar-refractivity contribution is 0.251. The molecular weight excluding hydrogens is 132 g/mol. The normalized spacial score (nSPS) is 37.5. The predicted octanol–water partition coefficient (Wildman–Crippen LogP) is 3.08. The molecule has 0 aromatic rings. The van der Waals surface area contributed by atoms with Crippen molar-refractivity contribution in [2.45, 2.75) is 40.0 Å². The van der Waals surface area contributed by atoms with Crippen LogP contribution in [-0.4, -0.2) is 0 Å². The molecule has 3 atom stereocenters. The van der Waals surface area contributed by atoms with Gasteiger partial charge in [0.2, 0.25) is 0 Å². The lowest BCUT2D eigenvalue weighted by Gasteiger charge is -2.28. The van der Waals surface area contributed by atoms with Crippen LogP contribution in [0.3, 0.4) is 0 Å². The maximum absolute atomic E-state index is 3.31. The zero-order valence-electron chi connectivity index (χ0n) is 7.85. The molecule has 0 saturated heterocycles. The summed E-state index contributed by atoms with van der Waals surface area (Å²) in [4.78, 5) is 0. The van der Waals surface area contributed by atoms with Gasteiger partial charge in [0.1, 0.15) is 0 Å². The molecule has 0 N–H and O–H groups in total. The summed E-state index contributed by atoms with van der Waals surface area (Å²) in [5.41, 5.74) is 0. The molecule has 1 aliphatic rings. The van der Waals surface area contributed by atoms with E-state index >= 15 is 0 Å². The first kappa shape index (κ1) is 8.65. The van der Waals surface area contributed by atoms with Gasteiger partial charge in [-0.05, 0) is 31.6 Å². The minimum Gasteiger partial charge on any atom is -0.106 e. The monoisotopic (exact) mass is 150 g/mol. The number of hydrogen-bond donors (Lipinski definition) is 0. The SMILES string of the molecule is CC#CC1C[C@H](C)CC[C@H]1C. The Hall–Kier alpha value is -0.440. The van der Waals surface area contributed by atoms with Crippen LogP contribution in [0, 0.1) is 29.6 Å². The highest BCUT2D eigenvalue weighted by atomic mass is 14.3. The lowest BCUT2D eigenvalue weighted by atomic mass is 9.76. The second-order valence-electron chi connectivity index (χ2n) is 3.90. The highest BCUT2D eigenvalue weighted by Crippen LogP contribution is 2.32.